The van der Waals surface area contributed by atoms with Crippen molar-refractivity contribution in [3.8, 4) is 0 Å². The van der Waals surface area contributed by atoms with E-state index in [4.69, 9.17) is 15.2 Å². The van der Waals surface area contributed by atoms with E-state index in [9.17, 15) is 34.5 Å². The zero-order valence-electron chi connectivity index (χ0n) is 32.3. The Morgan fingerprint density at radius 2 is 1.74 bits per heavy atom. The summed E-state index contributed by atoms with van der Waals surface area (Å²) in [5.74, 6) is -4.10. The van der Waals surface area contributed by atoms with Gasteiger partial charge in [-0.1, -0.05) is 68.0 Å². The number of anilines is 1. The molecule has 12 heteroatoms. The van der Waals surface area contributed by atoms with Crippen molar-refractivity contribution >= 4 is 40.1 Å². The fourth-order valence-corrected chi connectivity index (χ4v) is 10.9. The summed E-state index contributed by atoms with van der Waals surface area (Å²) in [6.07, 6.45) is 10.6. The Morgan fingerprint density at radius 1 is 0.982 bits per heavy atom. The summed E-state index contributed by atoms with van der Waals surface area (Å²) in [7, 11) is 0. The number of pyridine rings is 1. The Labute approximate surface area is 331 Å². The molecule has 0 bridgehead atoms. The van der Waals surface area contributed by atoms with Crippen LogP contribution in [0.25, 0.3) is 10.8 Å². The lowest BCUT2D eigenvalue weighted by molar-refractivity contribution is -0.181. The normalized spacial score (nSPS) is 34.2. The Balaban J connectivity index is 0.813. The first-order valence-corrected chi connectivity index (χ1v) is 20.0. The van der Waals surface area contributed by atoms with Crippen molar-refractivity contribution in [1.82, 2.24) is 4.98 Å². The van der Waals surface area contributed by atoms with Gasteiger partial charge in [0.05, 0.1) is 30.0 Å². The highest BCUT2D eigenvalue weighted by atomic mass is 16.5. The van der Waals surface area contributed by atoms with Crippen LogP contribution in [-0.2, 0) is 35.3 Å². The second-order valence-corrected chi connectivity index (χ2v) is 17.3. The van der Waals surface area contributed by atoms with E-state index in [1.165, 1.54) is 0 Å². The van der Waals surface area contributed by atoms with Gasteiger partial charge in [-0.3, -0.25) is 24.2 Å². The van der Waals surface area contributed by atoms with Crippen molar-refractivity contribution in [2.45, 2.75) is 82.7 Å². The molecule has 1 heterocycles. The predicted molar refractivity (Wildman–Crippen MR) is 210 cm³/mol. The van der Waals surface area contributed by atoms with Crippen LogP contribution in [0, 0.1) is 40.4 Å². The van der Waals surface area contributed by atoms with Crippen molar-refractivity contribution < 1.29 is 44.0 Å². The Hall–Kier alpha value is -4.75. The zero-order chi connectivity index (χ0) is 40.3. The number of nitrogens with one attached hydrogen (secondary N) is 1. The number of carbonyl (C=O) groups excluding carboxylic acids is 4. The van der Waals surface area contributed by atoms with Crippen LogP contribution in [0.1, 0.15) is 69.4 Å². The van der Waals surface area contributed by atoms with Crippen molar-refractivity contribution in [2.24, 2.45) is 46.2 Å². The first kappa shape index (κ1) is 39.1. The molecule has 300 valence electrons. The van der Waals surface area contributed by atoms with Crippen LogP contribution in [0.3, 0.4) is 0 Å². The van der Waals surface area contributed by atoms with Crippen LogP contribution in [0.5, 0.6) is 0 Å². The molecule has 6 N–H and O–H groups in total. The SMILES string of the molecule is C[C@]12C=CC(O)C=C1CC[C@@H]1[C@@H]2[C@@H](O)C[C@@]2(C)[C@H]1CC[C@]2(O)C(=O)COC(=O)C1CC1C(=O)OCc1ccc([C@@H](CN)C(=O)Nc2ccc3cnccc3c2)cc1. The van der Waals surface area contributed by atoms with Crippen LogP contribution in [0.15, 0.2) is 84.7 Å². The van der Waals surface area contributed by atoms with Gasteiger partial charge in [0, 0.05) is 46.8 Å². The summed E-state index contributed by atoms with van der Waals surface area (Å²) in [5, 5.41) is 38.7. The molecule has 2 aromatic carbocycles. The van der Waals surface area contributed by atoms with Gasteiger partial charge in [0.15, 0.2) is 6.61 Å². The second-order valence-electron chi connectivity index (χ2n) is 17.3. The fourth-order valence-electron chi connectivity index (χ4n) is 10.9. The minimum Gasteiger partial charge on any atom is -0.461 e. The van der Waals surface area contributed by atoms with Gasteiger partial charge in [0.2, 0.25) is 11.7 Å². The third-order valence-corrected chi connectivity index (χ3v) is 14.2. The minimum atomic E-state index is -1.76. The van der Waals surface area contributed by atoms with E-state index in [-0.39, 0.29) is 56.1 Å². The fraction of sp³-hybridized carbons (Fsp3) is 0.489. The molecule has 1 aromatic heterocycles. The minimum absolute atomic E-state index is 0.00567. The number of allylic oxidation sites excluding steroid dienone is 2. The first-order valence-electron chi connectivity index (χ1n) is 20.0. The largest absolute Gasteiger partial charge is 0.461 e. The van der Waals surface area contributed by atoms with Crippen molar-refractivity contribution in [3.05, 3.63) is 95.9 Å². The number of ketones is 1. The quantitative estimate of drug-likeness (QED) is 0.136. The molecule has 4 saturated carbocycles. The molecule has 0 spiro atoms. The van der Waals surface area contributed by atoms with Gasteiger partial charge < -0.3 is 35.8 Å². The number of aromatic nitrogens is 1. The van der Waals surface area contributed by atoms with Crippen LogP contribution < -0.4 is 11.1 Å². The number of nitrogens with two attached hydrogens (primary N) is 1. The topological polar surface area (TPSA) is 198 Å². The standard InChI is InChI=1S/C45H51N3O9/c1-43-14-11-31(49)18-29(43)8-10-32-36-12-15-45(55,44(36,2)20-37(50)39(32)43)38(51)24-57-42(54)34-19-33(34)41(53)56-23-25-3-5-26(6-4-25)35(21-46)40(52)48-30-9-7-28-22-47-16-13-27(28)17-30/h3-7,9,11,13-14,16-18,22,31-37,39,49-50,55H,8,10,12,15,19-21,23-24,46H2,1-2H3,(H,48,52)/t31?,32-,33?,34?,35+,36-,37-,39+,43-,44-,45-/m0/s1. The van der Waals surface area contributed by atoms with Crippen LogP contribution in [0.4, 0.5) is 5.69 Å². The average Bonchev–Trinajstić information content (AvgIpc) is 3.96. The van der Waals surface area contributed by atoms with Crippen molar-refractivity contribution in [2.75, 3.05) is 18.5 Å². The molecule has 12 nitrogen and oxygen atoms in total. The molecular weight excluding hydrogens is 727 g/mol. The van der Waals surface area contributed by atoms with Crippen LogP contribution in [0.2, 0.25) is 0 Å². The van der Waals surface area contributed by atoms with Gasteiger partial charge in [0.1, 0.15) is 12.2 Å². The number of aliphatic hydroxyl groups is 3. The number of aliphatic hydroxyl groups excluding tert-OH is 2. The molecule has 3 aromatic rings. The van der Waals surface area contributed by atoms with Crippen LogP contribution in [-0.4, -0.2) is 74.9 Å². The number of esters is 2. The summed E-state index contributed by atoms with van der Waals surface area (Å²) in [5.41, 5.74) is 6.12. The summed E-state index contributed by atoms with van der Waals surface area (Å²) < 4.78 is 10.9. The molecule has 5 aliphatic carbocycles. The van der Waals surface area contributed by atoms with Gasteiger partial charge in [-0.25, -0.2) is 0 Å². The number of carbonyl (C=O) groups is 4. The number of rotatable bonds is 11. The molecule has 0 radical (unpaired) electrons. The summed E-state index contributed by atoms with van der Waals surface area (Å²) in [6.45, 7) is 3.45. The van der Waals surface area contributed by atoms with E-state index in [0.717, 1.165) is 29.2 Å². The maximum atomic E-state index is 13.7. The lowest BCUT2D eigenvalue weighted by Gasteiger charge is -2.59. The number of amides is 1. The Kier molecular flexibility index (Phi) is 10.2. The van der Waals surface area contributed by atoms with Gasteiger partial charge in [0.25, 0.3) is 0 Å². The summed E-state index contributed by atoms with van der Waals surface area (Å²) in [6, 6.07) is 14.5. The van der Waals surface area contributed by atoms with Gasteiger partial charge in [-0.05, 0) is 85.1 Å². The first-order chi connectivity index (χ1) is 27.3. The highest BCUT2D eigenvalue weighted by molar-refractivity contribution is 5.98. The molecular formula is C45H51N3O9. The van der Waals surface area contributed by atoms with Gasteiger partial charge >= 0.3 is 11.9 Å². The van der Waals surface area contributed by atoms with Gasteiger partial charge in [-0.15, -0.1) is 0 Å². The molecule has 4 fully saturated rings. The molecule has 11 atom stereocenters. The number of benzene rings is 2. The third kappa shape index (κ3) is 6.90. The molecule has 0 aliphatic heterocycles. The monoisotopic (exact) mass is 777 g/mol. The lowest BCUT2D eigenvalue weighted by Crippen LogP contribution is -2.61. The number of ether oxygens (including phenoxy) is 2. The van der Waals surface area contributed by atoms with Gasteiger partial charge in [-0.2, -0.15) is 0 Å². The number of hydrogen-bond donors (Lipinski definition) is 5. The van der Waals surface area contributed by atoms with E-state index in [2.05, 4.69) is 17.2 Å². The number of Topliss-reactive ketones (excluding diaryl/α,β-unsaturated/α-hetero) is 1. The molecule has 57 heavy (non-hydrogen) atoms. The maximum Gasteiger partial charge on any atom is 0.310 e. The summed E-state index contributed by atoms with van der Waals surface area (Å²) >= 11 is 0. The van der Waals surface area contributed by atoms with E-state index >= 15 is 0 Å². The third-order valence-electron chi connectivity index (χ3n) is 14.2. The number of fused-ring (bicyclic) bond motifs is 6. The van der Waals surface area contributed by atoms with E-state index in [1.807, 2.05) is 43.3 Å². The molecule has 1 amide bonds. The average molecular weight is 778 g/mol. The van der Waals surface area contributed by atoms with Crippen LogP contribution >= 0.6 is 0 Å². The molecule has 8 rings (SSSR count). The molecule has 3 unspecified atom stereocenters. The van der Waals surface area contributed by atoms with E-state index in [0.29, 0.717) is 23.2 Å². The van der Waals surface area contributed by atoms with E-state index in [1.54, 1.807) is 42.7 Å². The highest BCUT2D eigenvalue weighted by Crippen LogP contribution is 2.67. The molecule has 0 saturated heterocycles. The van der Waals surface area contributed by atoms with Crippen molar-refractivity contribution in [3.63, 3.8) is 0 Å². The number of hydrogen-bond acceptors (Lipinski definition) is 11. The zero-order valence-corrected chi connectivity index (χ0v) is 32.3. The Morgan fingerprint density at radius 3 is 2.49 bits per heavy atom. The number of nitrogens with zero attached hydrogens (tertiary/aromatic N) is 1. The lowest BCUT2D eigenvalue weighted by atomic mass is 9.46. The van der Waals surface area contributed by atoms with E-state index < -0.39 is 70.7 Å². The second kappa shape index (κ2) is 14.9. The maximum absolute atomic E-state index is 13.7. The molecule has 5 aliphatic rings. The Bertz CT molecular complexity index is 2150. The van der Waals surface area contributed by atoms with Crippen molar-refractivity contribution in [1.29, 1.82) is 0 Å². The summed E-state index contributed by atoms with van der Waals surface area (Å²) in [4.78, 5) is 56.8. The highest BCUT2D eigenvalue weighted by Gasteiger charge is 2.68. The smallest absolute Gasteiger partial charge is 0.310 e. The predicted octanol–water partition coefficient (Wildman–Crippen LogP) is 4.51.